The Hall–Kier alpha value is -4.06. The van der Waals surface area contributed by atoms with E-state index in [1.807, 2.05) is 19.0 Å². The standard InChI is InChI=1S/C20H21N5O7/c1-22(2)6-3-7-23-17-10-14(4-5-18(17)32-12-19(23)26)21-20(27)13-8-15(24(28)29)11-16(9-13)25(30)31/h4-5,8-11H,3,6-7,12H2,1-2H3,(H,21,27). The summed E-state index contributed by atoms with van der Waals surface area (Å²) >= 11 is 0. The number of carbonyl (C=O) groups is 2. The van der Waals surface area contributed by atoms with Crippen LogP contribution in [-0.2, 0) is 4.79 Å². The fourth-order valence-electron chi connectivity index (χ4n) is 3.21. The van der Waals surface area contributed by atoms with Crippen LogP contribution in [0, 0.1) is 20.2 Å². The van der Waals surface area contributed by atoms with Crippen LogP contribution in [0.5, 0.6) is 5.75 Å². The third-order valence-electron chi connectivity index (χ3n) is 4.73. The zero-order valence-electron chi connectivity index (χ0n) is 17.4. The second-order valence-electron chi connectivity index (χ2n) is 7.38. The molecule has 2 aromatic rings. The van der Waals surface area contributed by atoms with Gasteiger partial charge in [-0.3, -0.25) is 29.8 Å². The lowest BCUT2D eigenvalue weighted by Crippen LogP contribution is -2.40. The molecule has 32 heavy (non-hydrogen) atoms. The summed E-state index contributed by atoms with van der Waals surface area (Å²) in [5.41, 5.74) is -0.581. The molecule has 2 aromatic carbocycles. The summed E-state index contributed by atoms with van der Waals surface area (Å²) in [6, 6.07) is 7.42. The SMILES string of the molecule is CN(C)CCCN1C(=O)COc2ccc(NC(=O)c3cc([N+](=O)[O-])cc([N+](=O)[O-])c3)cc21. The number of hydrogen-bond acceptors (Lipinski definition) is 8. The maximum atomic E-state index is 12.7. The normalized spacial score (nSPS) is 12.8. The second kappa shape index (κ2) is 9.39. The van der Waals surface area contributed by atoms with E-state index in [4.69, 9.17) is 4.74 Å². The largest absolute Gasteiger partial charge is 0.482 e. The molecule has 1 aliphatic heterocycles. The minimum absolute atomic E-state index is 0.0853. The van der Waals surface area contributed by atoms with Gasteiger partial charge in [0.05, 0.1) is 27.2 Å². The summed E-state index contributed by atoms with van der Waals surface area (Å²) in [6.45, 7) is 1.15. The predicted octanol–water partition coefficient (Wildman–Crippen LogP) is 2.43. The molecule has 168 valence electrons. The van der Waals surface area contributed by atoms with Crippen LogP contribution in [0.25, 0.3) is 0 Å². The molecule has 0 fully saturated rings. The third-order valence-corrected chi connectivity index (χ3v) is 4.73. The van der Waals surface area contributed by atoms with Crippen LogP contribution < -0.4 is 15.0 Å². The number of benzene rings is 2. The highest BCUT2D eigenvalue weighted by Crippen LogP contribution is 2.35. The molecule has 0 atom stereocenters. The number of rotatable bonds is 8. The molecule has 12 nitrogen and oxygen atoms in total. The first-order chi connectivity index (χ1) is 15.2. The van der Waals surface area contributed by atoms with Gasteiger partial charge < -0.3 is 19.9 Å². The van der Waals surface area contributed by atoms with Gasteiger partial charge in [-0.2, -0.15) is 0 Å². The molecule has 1 aliphatic rings. The molecule has 0 spiro atoms. The molecule has 0 unspecified atom stereocenters. The Labute approximate surface area is 182 Å². The zero-order valence-corrected chi connectivity index (χ0v) is 17.4. The van der Waals surface area contributed by atoms with Crippen LogP contribution in [0.2, 0.25) is 0 Å². The van der Waals surface area contributed by atoms with Crippen LogP contribution >= 0.6 is 0 Å². The van der Waals surface area contributed by atoms with Crippen LogP contribution in [-0.4, -0.2) is 60.4 Å². The zero-order chi connectivity index (χ0) is 23.4. The molecule has 0 radical (unpaired) electrons. The lowest BCUT2D eigenvalue weighted by atomic mass is 10.1. The van der Waals surface area contributed by atoms with Crippen molar-refractivity contribution in [2.45, 2.75) is 6.42 Å². The highest BCUT2D eigenvalue weighted by molar-refractivity contribution is 6.06. The molecule has 0 saturated heterocycles. The van der Waals surface area contributed by atoms with Crippen molar-refractivity contribution in [3.8, 4) is 5.75 Å². The lowest BCUT2D eigenvalue weighted by Gasteiger charge is -2.30. The van der Waals surface area contributed by atoms with Crippen LogP contribution in [0.4, 0.5) is 22.7 Å². The van der Waals surface area contributed by atoms with Crippen molar-refractivity contribution >= 4 is 34.6 Å². The van der Waals surface area contributed by atoms with Gasteiger partial charge in [0.15, 0.2) is 6.61 Å². The van der Waals surface area contributed by atoms with Crippen LogP contribution in [0.1, 0.15) is 16.8 Å². The van der Waals surface area contributed by atoms with Gasteiger partial charge in [-0.15, -0.1) is 0 Å². The molecule has 0 bridgehead atoms. The predicted molar refractivity (Wildman–Crippen MR) is 115 cm³/mol. The van der Waals surface area contributed by atoms with Crippen molar-refractivity contribution in [1.82, 2.24) is 4.90 Å². The first kappa shape index (κ1) is 22.6. The Kier molecular flexibility index (Phi) is 6.64. The number of nitro groups is 2. The maximum Gasteiger partial charge on any atom is 0.277 e. The van der Waals surface area contributed by atoms with E-state index in [9.17, 15) is 29.8 Å². The minimum Gasteiger partial charge on any atom is -0.482 e. The average molecular weight is 443 g/mol. The molecule has 0 aromatic heterocycles. The summed E-state index contributed by atoms with van der Waals surface area (Å²) in [4.78, 5) is 49.1. The fourth-order valence-corrected chi connectivity index (χ4v) is 3.21. The number of amides is 2. The van der Waals surface area contributed by atoms with Crippen LogP contribution in [0.3, 0.4) is 0 Å². The van der Waals surface area contributed by atoms with Gasteiger partial charge in [0.2, 0.25) is 0 Å². The van der Waals surface area contributed by atoms with Gasteiger partial charge in [0, 0.05) is 24.4 Å². The van der Waals surface area contributed by atoms with Gasteiger partial charge in [-0.1, -0.05) is 0 Å². The van der Waals surface area contributed by atoms with E-state index in [0.717, 1.165) is 31.2 Å². The molecule has 2 amide bonds. The number of carbonyl (C=O) groups excluding carboxylic acids is 2. The Morgan fingerprint density at radius 3 is 2.38 bits per heavy atom. The number of nitrogens with one attached hydrogen (secondary N) is 1. The molecule has 1 N–H and O–H groups in total. The van der Waals surface area contributed by atoms with Gasteiger partial charge in [-0.05, 0) is 45.3 Å². The van der Waals surface area contributed by atoms with E-state index in [1.54, 1.807) is 23.1 Å². The number of ether oxygens (including phenoxy) is 1. The molecule has 0 aliphatic carbocycles. The Bertz CT molecular complexity index is 1050. The van der Waals surface area contributed by atoms with Gasteiger partial charge in [0.25, 0.3) is 23.2 Å². The average Bonchev–Trinajstić information content (AvgIpc) is 2.74. The Morgan fingerprint density at radius 1 is 1.12 bits per heavy atom. The smallest absolute Gasteiger partial charge is 0.277 e. The number of hydrogen-bond donors (Lipinski definition) is 1. The number of nitro benzene ring substituents is 2. The maximum absolute atomic E-state index is 12.7. The Balaban J connectivity index is 1.85. The monoisotopic (exact) mass is 443 g/mol. The van der Waals surface area contributed by atoms with E-state index >= 15 is 0 Å². The first-order valence-corrected chi connectivity index (χ1v) is 9.63. The molecule has 1 heterocycles. The number of nitrogens with zero attached hydrogens (tertiary/aromatic N) is 4. The molecule has 3 rings (SSSR count). The van der Waals surface area contributed by atoms with Crippen molar-refractivity contribution in [2.24, 2.45) is 0 Å². The van der Waals surface area contributed by atoms with E-state index in [1.165, 1.54) is 0 Å². The van der Waals surface area contributed by atoms with Crippen LogP contribution in [0.15, 0.2) is 36.4 Å². The summed E-state index contributed by atoms with van der Waals surface area (Å²) in [6.07, 6.45) is 0.728. The van der Waals surface area contributed by atoms with E-state index in [2.05, 4.69) is 5.32 Å². The molecule has 12 heteroatoms. The number of fused-ring (bicyclic) bond motifs is 1. The van der Waals surface area contributed by atoms with Crippen molar-refractivity contribution < 1.29 is 24.2 Å². The highest BCUT2D eigenvalue weighted by atomic mass is 16.6. The van der Waals surface area contributed by atoms with Crippen molar-refractivity contribution in [3.63, 3.8) is 0 Å². The lowest BCUT2D eigenvalue weighted by molar-refractivity contribution is -0.394. The fraction of sp³-hybridized carbons (Fsp3) is 0.300. The summed E-state index contributed by atoms with van der Waals surface area (Å²) in [5, 5.41) is 24.7. The summed E-state index contributed by atoms with van der Waals surface area (Å²) < 4.78 is 5.46. The highest BCUT2D eigenvalue weighted by Gasteiger charge is 2.26. The minimum atomic E-state index is -0.808. The first-order valence-electron chi connectivity index (χ1n) is 9.63. The van der Waals surface area contributed by atoms with Crippen molar-refractivity contribution in [1.29, 1.82) is 0 Å². The van der Waals surface area contributed by atoms with Crippen molar-refractivity contribution in [2.75, 3.05) is 44.0 Å². The van der Waals surface area contributed by atoms with Crippen molar-refractivity contribution in [3.05, 3.63) is 62.2 Å². The van der Waals surface area contributed by atoms with E-state index in [0.29, 0.717) is 23.7 Å². The van der Waals surface area contributed by atoms with Gasteiger partial charge in [-0.25, -0.2) is 0 Å². The summed E-state index contributed by atoms with van der Waals surface area (Å²) in [5.74, 6) is -0.494. The van der Waals surface area contributed by atoms with Gasteiger partial charge in [0.1, 0.15) is 5.75 Å². The third kappa shape index (κ3) is 5.16. The Morgan fingerprint density at radius 2 is 1.78 bits per heavy atom. The molecule has 0 saturated carbocycles. The summed E-state index contributed by atoms with van der Waals surface area (Å²) in [7, 11) is 3.86. The molecular weight excluding hydrogens is 422 g/mol. The number of non-ortho nitro benzene ring substituents is 2. The van der Waals surface area contributed by atoms with Gasteiger partial charge >= 0.3 is 0 Å². The molecular formula is C20H21N5O7. The van der Waals surface area contributed by atoms with E-state index < -0.39 is 27.1 Å². The quantitative estimate of drug-likeness (QED) is 0.483. The van der Waals surface area contributed by atoms with E-state index in [-0.39, 0.29) is 18.1 Å². The second-order valence-corrected chi connectivity index (χ2v) is 7.38. The number of anilines is 2. The topological polar surface area (TPSA) is 148 Å².